The van der Waals surface area contributed by atoms with Gasteiger partial charge in [-0.2, -0.15) is 0 Å². The third-order valence-corrected chi connectivity index (χ3v) is 4.20. The highest BCUT2D eigenvalue weighted by Crippen LogP contribution is 2.06. The van der Waals surface area contributed by atoms with Crippen LogP contribution in [0.3, 0.4) is 0 Å². The molecule has 0 bridgehead atoms. The average Bonchev–Trinajstić information content (AvgIpc) is 2.68. The number of carbonyl (C=O) groups is 1. The van der Waals surface area contributed by atoms with Gasteiger partial charge >= 0.3 is 5.97 Å². The molecule has 27 heavy (non-hydrogen) atoms. The molecule has 0 aromatic carbocycles. The molecule has 0 rings (SSSR count). The van der Waals surface area contributed by atoms with Crippen molar-refractivity contribution < 1.29 is 19.7 Å². The zero-order chi connectivity index (χ0) is 20.0. The second kappa shape index (κ2) is 20.9. The number of ether oxygens (including phenoxy) is 1. The smallest absolute Gasteiger partial charge is 0.306 e. The molecule has 0 aliphatic heterocycles. The molecular formula is C23H40O4. The van der Waals surface area contributed by atoms with Crippen LogP contribution in [0.25, 0.3) is 0 Å². The van der Waals surface area contributed by atoms with E-state index in [-0.39, 0.29) is 19.2 Å². The van der Waals surface area contributed by atoms with Gasteiger partial charge in [-0.05, 0) is 57.8 Å². The van der Waals surface area contributed by atoms with Crippen LogP contribution in [0.4, 0.5) is 0 Å². The van der Waals surface area contributed by atoms with E-state index in [1.165, 1.54) is 38.5 Å². The van der Waals surface area contributed by atoms with Crippen molar-refractivity contribution in [1.82, 2.24) is 0 Å². The Morgan fingerprint density at radius 1 is 0.778 bits per heavy atom. The Balaban J connectivity index is 3.42. The summed E-state index contributed by atoms with van der Waals surface area (Å²) in [6, 6.07) is 0. The van der Waals surface area contributed by atoms with Crippen molar-refractivity contribution >= 4 is 5.97 Å². The van der Waals surface area contributed by atoms with E-state index in [2.05, 4.69) is 43.4 Å². The van der Waals surface area contributed by atoms with E-state index < -0.39 is 6.10 Å². The number of unbranched alkanes of at least 4 members (excludes halogenated alkanes) is 7. The predicted octanol–water partition coefficient (Wildman–Crippen LogP) is 5.25. The van der Waals surface area contributed by atoms with Crippen LogP contribution in [0.5, 0.6) is 0 Å². The third kappa shape index (κ3) is 19.2. The Morgan fingerprint density at radius 2 is 1.26 bits per heavy atom. The summed E-state index contributed by atoms with van der Waals surface area (Å²) in [5.41, 5.74) is 0. The van der Waals surface area contributed by atoms with Gasteiger partial charge in [0.05, 0.1) is 13.2 Å². The topological polar surface area (TPSA) is 66.8 Å². The first kappa shape index (κ1) is 25.6. The number of carbonyl (C=O) groups excluding carboxylic acids is 1. The summed E-state index contributed by atoms with van der Waals surface area (Å²) in [5, 5.41) is 17.7. The number of aliphatic hydroxyl groups is 2. The van der Waals surface area contributed by atoms with Gasteiger partial charge in [0.1, 0.15) is 6.10 Å². The van der Waals surface area contributed by atoms with Gasteiger partial charge in [-0.1, -0.05) is 56.2 Å². The van der Waals surface area contributed by atoms with Gasteiger partial charge < -0.3 is 14.9 Å². The summed E-state index contributed by atoms with van der Waals surface area (Å²) in [4.78, 5) is 11.5. The van der Waals surface area contributed by atoms with Crippen LogP contribution in [0.1, 0.15) is 84.0 Å². The van der Waals surface area contributed by atoms with Crippen molar-refractivity contribution in [3.8, 4) is 0 Å². The lowest BCUT2D eigenvalue weighted by molar-refractivity contribution is -0.153. The molecule has 0 fully saturated rings. The minimum Gasteiger partial charge on any atom is -0.457 e. The number of hydrogen-bond donors (Lipinski definition) is 2. The van der Waals surface area contributed by atoms with Crippen LogP contribution < -0.4 is 0 Å². The lowest BCUT2D eigenvalue weighted by Gasteiger charge is -2.11. The minimum absolute atomic E-state index is 0.318. The number of aliphatic hydroxyl groups excluding tert-OH is 2. The van der Waals surface area contributed by atoms with E-state index in [0.717, 1.165) is 32.1 Å². The van der Waals surface area contributed by atoms with E-state index in [1.807, 2.05) is 0 Å². The first-order valence-corrected chi connectivity index (χ1v) is 10.6. The van der Waals surface area contributed by atoms with Crippen molar-refractivity contribution in [2.24, 2.45) is 0 Å². The Labute approximate surface area is 166 Å². The lowest BCUT2D eigenvalue weighted by atomic mass is 10.1. The summed E-state index contributed by atoms with van der Waals surface area (Å²) in [6.45, 7) is 1.55. The molecule has 0 aromatic heterocycles. The first-order chi connectivity index (χ1) is 13.2. The van der Waals surface area contributed by atoms with Crippen LogP contribution in [0.2, 0.25) is 0 Å². The van der Waals surface area contributed by atoms with Crippen LogP contribution in [0.15, 0.2) is 36.5 Å². The standard InChI is InChI=1S/C23H40O4/c1-2-3-4-5-6-7-8-9-10-11-12-13-14-15-16-17-18-19-23(26)27-22(20-24)21-25/h6-7,9-10,15-16,22,24-25H,2-5,8,11-14,17-21H2,1H3/b7-6-,10-9-,16-15-. The first-order valence-electron chi connectivity index (χ1n) is 10.6. The molecule has 0 atom stereocenters. The molecule has 0 radical (unpaired) electrons. The number of allylic oxidation sites excluding steroid dienone is 6. The fraction of sp³-hybridized carbons (Fsp3) is 0.696. The molecule has 0 spiro atoms. The molecule has 0 aliphatic rings. The molecule has 0 unspecified atom stereocenters. The average molecular weight is 381 g/mol. The van der Waals surface area contributed by atoms with Gasteiger partial charge in [0, 0.05) is 6.42 Å². The Hall–Kier alpha value is -1.39. The Morgan fingerprint density at radius 3 is 1.78 bits per heavy atom. The summed E-state index contributed by atoms with van der Waals surface area (Å²) < 4.78 is 4.90. The number of hydrogen-bond acceptors (Lipinski definition) is 4. The van der Waals surface area contributed by atoms with Crippen LogP contribution >= 0.6 is 0 Å². The zero-order valence-electron chi connectivity index (χ0n) is 17.2. The summed E-state index contributed by atoms with van der Waals surface area (Å²) in [6.07, 6.45) is 25.3. The predicted molar refractivity (Wildman–Crippen MR) is 113 cm³/mol. The molecule has 0 aromatic rings. The third-order valence-electron chi connectivity index (χ3n) is 4.20. The highest BCUT2D eigenvalue weighted by Gasteiger charge is 2.11. The van der Waals surface area contributed by atoms with Gasteiger partial charge in [-0.25, -0.2) is 0 Å². The molecule has 0 saturated heterocycles. The SMILES string of the molecule is CCCCC/C=C\C/C=C\CCCC/C=C\CCCC(=O)OC(CO)CO. The number of rotatable bonds is 18. The van der Waals surface area contributed by atoms with Gasteiger partial charge in [-0.15, -0.1) is 0 Å². The molecule has 4 nitrogen and oxygen atoms in total. The molecule has 156 valence electrons. The maximum absolute atomic E-state index is 11.5. The monoisotopic (exact) mass is 380 g/mol. The van der Waals surface area contributed by atoms with Crippen molar-refractivity contribution in [3.05, 3.63) is 36.5 Å². The lowest BCUT2D eigenvalue weighted by Crippen LogP contribution is -2.25. The van der Waals surface area contributed by atoms with E-state index in [0.29, 0.717) is 6.42 Å². The van der Waals surface area contributed by atoms with Crippen molar-refractivity contribution in [2.45, 2.75) is 90.1 Å². The zero-order valence-corrected chi connectivity index (χ0v) is 17.2. The molecule has 0 aliphatic carbocycles. The van der Waals surface area contributed by atoms with Crippen molar-refractivity contribution in [2.75, 3.05) is 13.2 Å². The molecule has 0 amide bonds. The quantitative estimate of drug-likeness (QED) is 0.193. The minimum atomic E-state index is -0.788. The highest BCUT2D eigenvalue weighted by atomic mass is 16.6. The summed E-state index contributed by atoms with van der Waals surface area (Å²) in [5.74, 6) is -0.362. The second-order valence-electron chi connectivity index (χ2n) is 6.80. The molecule has 4 heteroatoms. The maximum Gasteiger partial charge on any atom is 0.306 e. The van der Waals surface area contributed by atoms with Crippen molar-refractivity contribution in [3.63, 3.8) is 0 Å². The normalized spacial score (nSPS) is 12.1. The number of esters is 1. The van der Waals surface area contributed by atoms with Gasteiger partial charge in [-0.3, -0.25) is 4.79 Å². The van der Waals surface area contributed by atoms with Gasteiger partial charge in [0.25, 0.3) is 0 Å². The van der Waals surface area contributed by atoms with E-state index >= 15 is 0 Å². The van der Waals surface area contributed by atoms with E-state index in [1.54, 1.807) is 0 Å². The molecule has 2 N–H and O–H groups in total. The van der Waals surface area contributed by atoms with Crippen LogP contribution in [-0.4, -0.2) is 35.5 Å². The molecule has 0 heterocycles. The maximum atomic E-state index is 11.5. The Kier molecular flexibility index (Phi) is 19.8. The van der Waals surface area contributed by atoms with Gasteiger partial charge in [0.15, 0.2) is 0 Å². The van der Waals surface area contributed by atoms with Crippen LogP contribution in [-0.2, 0) is 9.53 Å². The fourth-order valence-corrected chi connectivity index (χ4v) is 2.52. The summed E-state index contributed by atoms with van der Waals surface area (Å²) >= 11 is 0. The van der Waals surface area contributed by atoms with Crippen LogP contribution in [0, 0.1) is 0 Å². The highest BCUT2D eigenvalue weighted by molar-refractivity contribution is 5.69. The Bertz CT molecular complexity index is 409. The largest absolute Gasteiger partial charge is 0.457 e. The molecule has 0 saturated carbocycles. The van der Waals surface area contributed by atoms with E-state index in [9.17, 15) is 4.79 Å². The van der Waals surface area contributed by atoms with Gasteiger partial charge in [0.2, 0.25) is 0 Å². The second-order valence-corrected chi connectivity index (χ2v) is 6.80. The van der Waals surface area contributed by atoms with E-state index in [4.69, 9.17) is 14.9 Å². The fourth-order valence-electron chi connectivity index (χ4n) is 2.52. The summed E-state index contributed by atoms with van der Waals surface area (Å²) in [7, 11) is 0. The van der Waals surface area contributed by atoms with Crippen molar-refractivity contribution in [1.29, 1.82) is 0 Å². The molecular weight excluding hydrogens is 340 g/mol.